The molecule has 23 heavy (non-hydrogen) atoms. The van der Waals surface area contributed by atoms with E-state index >= 15 is 0 Å². The standard InChI is InChI=1S/C17H29N5O/c1-20-16(13-22-8-10-23-11-9-22)18-19-17(20)15-4-6-21(7-5-15)12-14-2-3-14/h14-15H,2-13H2,1H3. The van der Waals surface area contributed by atoms with E-state index in [2.05, 4.69) is 31.6 Å². The average molecular weight is 319 g/mol. The second kappa shape index (κ2) is 6.87. The molecule has 1 aromatic rings. The first kappa shape index (κ1) is 15.5. The summed E-state index contributed by atoms with van der Waals surface area (Å²) < 4.78 is 7.67. The molecule has 0 radical (unpaired) electrons. The predicted octanol–water partition coefficient (Wildman–Crippen LogP) is 1.24. The van der Waals surface area contributed by atoms with Gasteiger partial charge in [-0.15, -0.1) is 10.2 Å². The van der Waals surface area contributed by atoms with Crippen LogP contribution in [0.3, 0.4) is 0 Å². The number of likely N-dealkylation sites (tertiary alicyclic amines) is 1. The molecule has 0 spiro atoms. The number of aromatic nitrogens is 3. The van der Waals surface area contributed by atoms with Crippen LogP contribution < -0.4 is 0 Å². The van der Waals surface area contributed by atoms with Crippen molar-refractivity contribution in [2.75, 3.05) is 45.9 Å². The van der Waals surface area contributed by atoms with Gasteiger partial charge in [-0.2, -0.15) is 0 Å². The molecule has 0 unspecified atom stereocenters. The largest absolute Gasteiger partial charge is 0.379 e. The Labute approximate surface area is 138 Å². The molecule has 4 rings (SSSR count). The minimum atomic E-state index is 0.585. The topological polar surface area (TPSA) is 46.4 Å². The van der Waals surface area contributed by atoms with Crippen molar-refractivity contribution in [3.8, 4) is 0 Å². The number of hydrogen-bond donors (Lipinski definition) is 0. The van der Waals surface area contributed by atoms with E-state index in [-0.39, 0.29) is 0 Å². The molecule has 3 fully saturated rings. The Morgan fingerprint density at radius 2 is 1.70 bits per heavy atom. The monoisotopic (exact) mass is 319 g/mol. The van der Waals surface area contributed by atoms with Crippen molar-refractivity contribution in [2.24, 2.45) is 13.0 Å². The maximum absolute atomic E-state index is 5.42. The highest BCUT2D eigenvalue weighted by atomic mass is 16.5. The Kier molecular flexibility index (Phi) is 4.64. The number of hydrogen-bond acceptors (Lipinski definition) is 5. The molecule has 0 atom stereocenters. The van der Waals surface area contributed by atoms with Gasteiger partial charge in [-0.25, -0.2) is 0 Å². The van der Waals surface area contributed by atoms with Gasteiger partial charge in [0.25, 0.3) is 0 Å². The third-order valence-corrected chi connectivity index (χ3v) is 5.63. The van der Waals surface area contributed by atoms with Gasteiger partial charge in [0.15, 0.2) is 0 Å². The van der Waals surface area contributed by atoms with Crippen LogP contribution in [0.15, 0.2) is 0 Å². The fourth-order valence-electron chi connectivity index (χ4n) is 3.87. The van der Waals surface area contributed by atoms with E-state index in [0.29, 0.717) is 5.92 Å². The van der Waals surface area contributed by atoms with Gasteiger partial charge in [-0.3, -0.25) is 4.90 Å². The summed E-state index contributed by atoms with van der Waals surface area (Å²) in [4.78, 5) is 5.06. The number of rotatable bonds is 5. The van der Waals surface area contributed by atoms with Crippen LogP contribution in [0.1, 0.15) is 43.3 Å². The Bertz CT molecular complexity index is 513. The second-order valence-corrected chi connectivity index (χ2v) is 7.44. The maximum atomic E-state index is 5.42. The van der Waals surface area contributed by atoms with Crippen molar-refractivity contribution in [3.05, 3.63) is 11.6 Å². The molecule has 128 valence electrons. The zero-order valence-electron chi connectivity index (χ0n) is 14.3. The van der Waals surface area contributed by atoms with Gasteiger partial charge in [0.1, 0.15) is 11.6 Å². The molecule has 0 N–H and O–H groups in total. The summed E-state index contributed by atoms with van der Waals surface area (Å²) >= 11 is 0. The molecule has 3 heterocycles. The summed E-state index contributed by atoms with van der Waals surface area (Å²) in [6, 6.07) is 0. The summed E-state index contributed by atoms with van der Waals surface area (Å²) in [7, 11) is 2.14. The van der Waals surface area contributed by atoms with Crippen molar-refractivity contribution in [1.82, 2.24) is 24.6 Å². The summed E-state index contributed by atoms with van der Waals surface area (Å²) in [5.74, 6) is 3.88. The Balaban J connectivity index is 1.34. The zero-order valence-corrected chi connectivity index (χ0v) is 14.3. The first-order valence-electron chi connectivity index (χ1n) is 9.20. The molecule has 0 aromatic carbocycles. The lowest BCUT2D eigenvalue weighted by Crippen LogP contribution is -2.36. The zero-order chi connectivity index (χ0) is 15.6. The predicted molar refractivity (Wildman–Crippen MR) is 88.2 cm³/mol. The molecule has 1 aliphatic carbocycles. The summed E-state index contributed by atoms with van der Waals surface area (Å²) in [6.45, 7) is 8.36. The second-order valence-electron chi connectivity index (χ2n) is 7.44. The minimum absolute atomic E-state index is 0.585. The smallest absolute Gasteiger partial charge is 0.146 e. The van der Waals surface area contributed by atoms with Gasteiger partial charge in [0.05, 0.1) is 19.8 Å². The van der Waals surface area contributed by atoms with Crippen LogP contribution in [-0.4, -0.2) is 70.5 Å². The quantitative estimate of drug-likeness (QED) is 0.817. The molecule has 1 aromatic heterocycles. The fraction of sp³-hybridized carbons (Fsp3) is 0.882. The van der Waals surface area contributed by atoms with Crippen molar-refractivity contribution in [3.63, 3.8) is 0 Å². The van der Waals surface area contributed by atoms with Crippen molar-refractivity contribution >= 4 is 0 Å². The Morgan fingerprint density at radius 1 is 0.957 bits per heavy atom. The fourth-order valence-corrected chi connectivity index (χ4v) is 3.87. The number of nitrogens with zero attached hydrogens (tertiary/aromatic N) is 5. The first-order chi connectivity index (χ1) is 11.3. The van der Waals surface area contributed by atoms with E-state index in [0.717, 1.165) is 44.6 Å². The number of piperidine rings is 1. The SMILES string of the molecule is Cn1c(CN2CCOCC2)nnc1C1CCN(CC2CC2)CC1. The number of ether oxygens (including phenoxy) is 1. The molecule has 6 heteroatoms. The molecule has 3 aliphatic rings. The van der Waals surface area contributed by atoms with E-state index in [9.17, 15) is 0 Å². The highest BCUT2D eigenvalue weighted by Gasteiger charge is 2.29. The molecular weight excluding hydrogens is 290 g/mol. The van der Waals surface area contributed by atoms with E-state index in [4.69, 9.17) is 4.74 Å². The van der Waals surface area contributed by atoms with E-state index in [1.807, 2.05) is 0 Å². The van der Waals surface area contributed by atoms with E-state index in [1.54, 1.807) is 0 Å². The van der Waals surface area contributed by atoms with Gasteiger partial charge in [0, 0.05) is 32.6 Å². The first-order valence-corrected chi connectivity index (χ1v) is 9.20. The van der Waals surface area contributed by atoms with Crippen LogP contribution in [0, 0.1) is 5.92 Å². The molecule has 2 aliphatic heterocycles. The van der Waals surface area contributed by atoms with E-state index in [1.165, 1.54) is 51.1 Å². The van der Waals surface area contributed by atoms with Gasteiger partial charge < -0.3 is 14.2 Å². The van der Waals surface area contributed by atoms with Crippen LogP contribution in [0.2, 0.25) is 0 Å². The van der Waals surface area contributed by atoms with Crippen LogP contribution >= 0.6 is 0 Å². The third kappa shape index (κ3) is 3.75. The van der Waals surface area contributed by atoms with Gasteiger partial charge >= 0.3 is 0 Å². The molecule has 2 saturated heterocycles. The molecule has 1 saturated carbocycles. The summed E-state index contributed by atoms with van der Waals surface area (Å²) in [6.07, 6.45) is 5.37. The highest BCUT2D eigenvalue weighted by Crippen LogP contribution is 2.33. The van der Waals surface area contributed by atoms with Crippen molar-refractivity contribution < 1.29 is 4.74 Å². The molecule has 6 nitrogen and oxygen atoms in total. The lowest BCUT2D eigenvalue weighted by Gasteiger charge is -2.31. The summed E-state index contributed by atoms with van der Waals surface area (Å²) in [5, 5.41) is 9.02. The minimum Gasteiger partial charge on any atom is -0.379 e. The van der Waals surface area contributed by atoms with Gasteiger partial charge in [-0.1, -0.05) is 0 Å². The van der Waals surface area contributed by atoms with Crippen LogP contribution in [0.4, 0.5) is 0 Å². The van der Waals surface area contributed by atoms with Gasteiger partial charge in [0.2, 0.25) is 0 Å². The normalized spacial score (nSPS) is 25.1. The molecule has 0 bridgehead atoms. The van der Waals surface area contributed by atoms with E-state index < -0.39 is 0 Å². The van der Waals surface area contributed by atoms with Crippen molar-refractivity contribution in [1.29, 1.82) is 0 Å². The third-order valence-electron chi connectivity index (χ3n) is 5.63. The van der Waals surface area contributed by atoms with Crippen molar-refractivity contribution in [2.45, 2.75) is 38.1 Å². The highest BCUT2D eigenvalue weighted by molar-refractivity contribution is 5.03. The summed E-state index contributed by atoms with van der Waals surface area (Å²) in [5.41, 5.74) is 0. The Hall–Kier alpha value is -0.980. The average Bonchev–Trinajstić information content (AvgIpc) is 3.33. The lowest BCUT2D eigenvalue weighted by atomic mass is 9.96. The lowest BCUT2D eigenvalue weighted by molar-refractivity contribution is 0.0326. The number of morpholine rings is 1. The molecular formula is C17H29N5O. The van der Waals surface area contributed by atoms with Crippen LogP contribution in [0.25, 0.3) is 0 Å². The molecule has 0 amide bonds. The van der Waals surface area contributed by atoms with Crippen LogP contribution in [-0.2, 0) is 18.3 Å². The van der Waals surface area contributed by atoms with Crippen LogP contribution in [0.5, 0.6) is 0 Å². The van der Waals surface area contributed by atoms with Gasteiger partial charge in [-0.05, 0) is 44.7 Å². The maximum Gasteiger partial charge on any atom is 0.146 e. The Morgan fingerprint density at radius 3 is 2.39 bits per heavy atom.